The number of nitrogens with one attached hydrogen (secondary N) is 1. The second kappa shape index (κ2) is 13.8. The van der Waals surface area contributed by atoms with Crippen molar-refractivity contribution in [3.8, 4) is 0 Å². The van der Waals surface area contributed by atoms with Gasteiger partial charge in [0, 0.05) is 56.6 Å². The molecule has 0 radical (unpaired) electrons. The standard InChI is InChI=1S/C23H29ClN12.H2O4S/c1-32(19-9-6-17(7-10-19)26-28-22-30-35(4)15-33(22)2)13-12-25-21-11-8-18(14-20(21)24)27-29-23-31-36(5)16-34(23)3;1-5(2,3)4/h6-11,14-16,25H,12-13H2,1-5H3;(H2,1,2,3,4)/q+2;/p-2. The lowest BCUT2D eigenvalue weighted by atomic mass is 10.2. The fraction of sp³-hybridized carbons (Fsp3) is 0.304. The highest BCUT2D eigenvalue weighted by atomic mass is 35.5. The molecule has 2 aromatic heterocycles. The summed E-state index contributed by atoms with van der Waals surface area (Å²) in [5.74, 6) is 1.05. The first-order valence-corrected chi connectivity index (χ1v) is 13.6. The fourth-order valence-electron chi connectivity index (χ4n) is 3.44. The van der Waals surface area contributed by atoms with Crippen LogP contribution in [-0.4, -0.2) is 57.2 Å². The van der Waals surface area contributed by atoms with Crippen LogP contribution in [0, 0.1) is 0 Å². The zero-order valence-corrected chi connectivity index (χ0v) is 24.5. The van der Waals surface area contributed by atoms with Crippen LogP contribution in [0.2, 0.25) is 5.02 Å². The van der Waals surface area contributed by atoms with Gasteiger partial charge < -0.3 is 19.3 Å². The molecule has 218 valence electrons. The van der Waals surface area contributed by atoms with Crippen LogP contribution in [0.5, 0.6) is 0 Å². The molecule has 0 aliphatic carbocycles. The van der Waals surface area contributed by atoms with Crippen molar-refractivity contribution < 1.29 is 26.7 Å². The van der Waals surface area contributed by atoms with Crippen molar-refractivity contribution in [3.63, 3.8) is 0 Å². The summed E-state index contributed by atoms with van der Waals surface area (Å²) in [4.78, 5) is 2.15. The van der Waals surface area contributed by atoms with Crippen LogP contribution in [0.4, 0.5) is 34.6 Å². The molecule has 0 amide bonds. The summed E-state index contributed by atoms with van der Waals surface area (Å²) in [5.41, 5.74) is 3.33. The number of rotatable bonds is 9. The monoisotopic (exact) mass is 604 g/mol. The van der Waals surface area contributed by atoms with Crippen LogP contribution in [-0.2, 0) is 38.6 Å². The number of aromatic nitrogens is 6. The molecule has 4 rings (SSSR count). The Balaban J connectivity index is 0.000000850. The lowest BCUT2D eigenvalue weighted by Crippen LogP contribution is -2.25. The number of nitrogens with zero attached hydrogens (tertiary/aromatic N) is 11. The minimum atomic E-state index is -5.17. The quantitative estimate of drug-likeness (QED) is 0.130. The normalized spacial score (nSPS) is 11.6. The lowest BCUT2D eigenvalue weighted by molar-refractivity contribution is -0.659. The van der Waals surface area contributed by atoms with Crippen molar-refractivity contribution in [2.45, 2.75) is 0 Å². The molecule has 0 bridgehead atoms. The second-order valence-corrected chi connectivity index (χ2v) is 9.96. The zero-order chi connectivity index (χ0) is 30.2. The van der Waals surface area contributed by atoms with Gasteiger partial charge in [-0.1, -0.05) is 21.8 Å². The maximum atomic E-state index is 8.52. The average Bonchev–Trinajstić information content (AvgIpc) is 3.39. The Bertz CT molecular complexity index is 1630. The Labute approximate surface area is 241 Å². The predicted molar refractivity (Wildman–Crippen MR) is 147 cm³/mol. The first-order valence-electron chi connectivity index (χ1n) is 11.9. The number of azo groups is 2. The van der Waals surface area contributed by atoms with Crippen molar-refractivity contribution in [1.82, 2.24) is 19.6 Å². The molecule has 2 heterocycles. The van der Waals surface area contributed by atoms with E-state index in [0.717, 1.165) is 23.6 Å². The van der Waals surface area contributed by atoms with Gasteiger partial charge >= 0.3 is 11.9 Å². The van der Waals surface area contributed by atoms with Crippen LogP contribution in [0.15, 0.2) is 75.6 Å². The molecule has 41 heavy (non-hydrogen) atoms. The molecular weight excluding hydrogens is 576 g/mol. The van der Waals surface area contributed by atoms with Gasteiger partial charge in [0.15, 0.2) is 12.7 Å². The third-order valence-electron chi connectivity index (χ3n) is 5.32. The highest BCUT2D eigenvalue weighted by molar-refractivity contribution is 7.79. The SMILES string of the molecule is CN(CCNc1ccc(N=Nc2nn(C)c[n+]2C)cc1Cl)c1ccc(N=Nc2nn(C)c[n+]2C)cc1.O=S(=O)([O-])[O-]. The first kappa shape index (κ1) is 31.2. The van der Waals surface area contributed by atoms with Crippen LogP contribution in [0.1, 0.15) is 0 Å². The van der Waals surface area contributed by atoms with Crippen molar-refractivity contribution in [2.24, 2.45) is 48.6 Å². The first-order chi connectivity index (χ1) is 19.3. The maximum absolute atomic E-state index is 8.52. The topological polar surface area (TPSA) is 188 Å². The van der Waals surface area contributed by atoms with E-state index in [1.807, 2.05) is 88.9 Å². The van der Waals surface area contributed by atoms with Crippen molar-refractivity contribution in [2.75, 3.05) is 30.4 Å². The molecule has 0 fully saturated rings. The van der Waals surface area contributed by atoms with E-state index in [1.165, 1.54) is 0 Å². The molecule has 1 N–H and O–H groups in total. The molecule has 16 nitrogen and oxygen atoms in total. The van der Waals surface area contributed by atoms with E-state index in [9.17, 15) is 0 Å². The summed E-state index contributed by atoms with van der Waals surface area (Å²) in [6.07, 6.45) is 3.64. The van der Waals surface area contributed by atoms with Gasteiger partial charge in [0.25, 0.3) is 0 Å². The van der Waals surface area contributed by atoms with E-state index < -0.39 is 10.4 Å². The van der Waals surface area contributed by atoms with Gasteiger partial charge in [-0.2, -0.15) is 0 Å². The molecule has 0 saturated heterocycles. The van der Waals surface area contributed by atoms with Gasteiger partial charge in [0.1, 0.15) is 0 Å². The van der Waals surface area contributed by atoms with Gasteiger partial charge in [-0.25, -0.2) is 9.13 Å². The number of hydrogen-bond donors (Lipinski definition) is 1. The highest BCUT2D eigenvalue weighted by Crippen LogP contribution is 2.28. The van der Waals surface area contributed by atoms with E-state index in [-0.39, 0.29) is 0 Å². The van der Waals surface area contributed by atoms with E-state index in [1.54, 1.807) is 20.0 Å². The number of anilines is 2. The van der Waals surface area contributed by atoms with Gasteiger partial charge in [-0.3, -0.25) is 8.42 Å². The van der Waals surface area contributed by atoms with Gasteiger partial charge in [0.05, 0.1) is 50.3 Å². The lowest BCUT2D eigenvalue weighted by Gasteiger charge is -2.20. The van der Waals surface area contributed by atoms with Crippen molar-refractivity contribution in [3.05, 3.63) is 60.1 Å². The Kier molecular flexibility index (Phi) is 10.5. The van der Waals surface area contributed by atoms with Crippen LogP contribution < -0.4 is 19.4 Å². The summed E-state index contributed by atoms with van der Waals surface area (Å²) < 4.78 is 41.0. The molecule has 2 aromatic carbocycles. The van der Waals surface area contributed by atoms with Crippen molar-refractivity contribution in [1.29, 1.82) is 0 Å². The van der Waals surface area contributed by atoms with Gasteiger partial charge in [-0.15, -0.1) is 9.36 Å². The number of hydrogen-bond acceptors (Lipinski definition) is 12. The molecule has 4 aromatic rings. The molecule has 0 aliphatic rings. The second-order valence-electron chi connectivity index (χ2n) is 8.74. The predicted octanol–water partition coefficient (Wildman–Crippen LogP) is 2.50. The third-order valence-corrected chi connectivity index (χ3v) is 5.63. The maximum Gasteiger partial charge on any atom is 0.435 e. The molecule has 0 saturated carbocycles. The molecule has 18 heteroatoms. The minimum Gasteiger partial charge on any atom is -0.759 e. The third kappa shape index (κ3) is 10.3. The summed E-state index contributed by atoms with van der Waals surface area (Å²) in [6.45, 7) is 1.48. The largest absolute Gasteiger partial charge is 0.759 e. The molecular formula is C23H29ClN12O4S. The summed E-state index contributed by atoms with van der Waals surface area (Å²) in [6, 6.07) is 13.4. The fourth-order valence-corrected chi connectivity index (χ4v) is 3.68. The average molecular weight is 605 g/mol. The minimum absolute atomic E-state index is 0.511. The number of benzene rings is 2. The molecule has 0 aliphatic heterocycles. The highest BCUT2D eigenvalue weighted by Gasteiger charge is 2.12. The van der Waals surface area contributed by atoms with Gasteiger partial charge in [-0.05, 0) is 42.5 Å². The van der Waals surface area contributed by atoms with Crippen molar-refractivity contribution >= 4 is 56.6 Å². The number of likely N-dealkylation sites (N-methyl/N-ethyl adjacent to an activating group) is 1. The van der Waals surface area contributed by atoms with Crippen LogP contribution >= 0.6 is 11.6 Å². The summed E-state index contributed by atoms with van der Waals surface area (Å²) in [7, 11) is 4.29. The van der Waals surface area contributed by atoms with E-state index in [4.69, 9.17) is 29.1 Å². The Morgan fingerprint density at radius 2 is 1.39 bits per heavy atom. The van der Waals surface area contributed by atoms with Crippen LogP contribution in [0.3, 0.4) is 0 Å². The summed E-state index contributed by atoms with van der Waals surface area (Å²) in [5, 5.41) is 29.3. The summed E-state index contributed by atoms with van der Waals surface area (Å²) >= 11 is 6.45. The smallest absolute Gasteiger partial charge is 0.435 e. The number of halogens is 1. The Morgan fingerprint density at radius 1 is 0.902 bits per heavy atom. The van der Waals surface area contributed by atoms with E-state index in [2.05, 4.69) is 40.9 Å². The van der Waals surface area contributed by atoms with E-state index in [0.29, 0.717) is 29.2 Å². The van der Waals surface area contributed by atoms with Gasteiger partial charge in [0.2, 0.25) is 0 Å². The Hall–Kier alpha value is -4.32. The van der Waals surface area contributed by atoms with E-state index >= 15 is 0 Å². The molecule has 0 unspecified atom stereocenters. The number of aryl methyl sites for hydroxylation is 4. The Morgan fingerprint density at radius 3 is 1.85 bits per heavy atom. The zero-order valence-electron chi connectivity index (χ0n) is 22.9. The van der Waals surface area contributed by atoms with Crippen LogP contribution in [0.25, 0.3) is 0 Å². The molecule has 0 spiro atoms. The molecule has 0 atom stereocenters.